The quantitative estimate of drug-likeness (QED) is 0.386. The summed E-state index contributed by atoms with van der Waals surface area (Å²) in [5.41, 5.74) is 0.346. The van der Waals surface area contributed by atoms with E-state index in [0.717, 1.165) is 37.9 Å². The fraction of sp³-hybridized carbons (Fsp3) is 0.684. The van der Waals surface area contributed by atoms with Gasteiger partial charge in [-0.25, -0.2) is 0 Å². The van der Waals surface area contributed by atoms with Crippen molar-refractivity contribution in [3.8, 4) is 5.75 Å². The van der Waals surface area contributed by atoms with Crippen LogP contribution in [0.5, 0.6) is 5.75 Å². The van der Waals surface area contributed by atoms with Gasteiger partial charge >= 0.3 is 0 Å². The maximum Gasteiger partial charge on any atom is 0.191 e. The van der Waals surface area contributed by atoms with Crippen molar-refractivity contribution in [2.24, 2.45) is 10.4 Å². The molecule has 0 aliphatic heterocycles. The summed E-state index contributed by atoms with van der Waals surface area (Å²) in [6, 6.07) is 3.77. The van der Waals surface area contributed by atoms with Crippen LogP contribution in [0.25, 0.3) is 0 Å². The van der Waals surface area contributed by atoms with Gasteiger partial charge in [0.1, 0.15) is 12.4 Å². The van der Waals surface area contributed by atoms with Crippen LogP contribution in [0.1, 0.15) is 39.0 Å². The van der Waals surface area contributed by atoms with Crippen LogP contribution in [0, 0.1) is 5.41 Å². The molecule has 2 N–H and O–H groups in total. The van der Waals surface area contributed by atoms with Crippen LogP contribution in [-0.4, -0.2) is 50.9 Å². The Morgan fingerprint density at radius 3 is 2.80 bits per heavy atom. The van der Waals surface area contributed by atoms with E-state index in [1.807, 2.05) is 12.1 Å². The SMILES string of the molecule is CCOCCC1(CNC(=NC)NCCOc2cccnc2)CCCC1. The van der Waals surface area contributed by atoms with Gasteiger partial charge in [0.05, 0.1) is 12.7 Å². The third-order valence-electron chi connectivity index (χ3n) is 4.80. The fourth-order valence-electron chi connectivity index (χ4n) is 3.34. The van der Waals surface area contributed by atoms with Crippen molar-refractivity contribution >= 4 is 5.96 Å². The molecule has 0 atom stereocenters. The largest absolute Gasteiger partial charge is 0.490 e. The minimum absolute atomic E-state index is 0.346. The van der Waals surface area contributed by atoms with Crippen molar-refractivity contribution in [1.82, 2.24) is 15.6 Å². The topological polar surface area (TPSA) is 67.8 Å². The molecule has 1 aromatic rings. The van der Waals surface area contributed by atoms with Gasteiger partial charge in [-0.2, -0.15) is 0 Å². The molecule has 1 aromatic heterocycles. The summed E-state index contributed by atoms with van der Waals surface area (Å²) in [6.07, 6.45) is 9.76. The Morgan fingerprint density at radius 1 is 1.28 bits per heavy atom. The molecule has 1 heterocycles. The summed E-state index contributed by atoms with van der Waals surface area (Å²) in [4.78, 5) is 8.35. The number of pyridine rings is 1. The molecule has 6 nitrogen and oxygen atoms in total. The number of hydrogen-bond acceptors (Lipinski definition) is 4. The maximum absolute atomic E-state index is 5.64. The highest BCUT2D eigenvalue weighted by Gasteiger charge is 2.33. The Kier molecular flexibility index (Phi) is 8.52. The van der Waals surface area contributed by atoms with Crippen LogP contribution >= 0.6 is 0 Å². The number of guanidine groups is 1. The maximum atomic E-state index is 5.64. The molecular formula is C19H32N4O2. The van der Waals surface area contributed by atoms with Crippen molar-refractivity contribution in [1.29, 1.82) is 0 Å². The van der Waals surface area contributed by atoms with Crippen LogP contribution in [0.2, 0.25) is 0 Å². The first-order valence-electron chi connectivity index (χ1n) is 9.33. The molecule has 1 saturated carbocycles. The van der Waals surface area contributed by atoms with E-state index in [1.54, 1.807) is 19.4 Å². The number of nitrogens with zero attached hydrogens (tertiary/aromatic N) is 2. The predicted octanol–water partition coefficient (Wildman–Crippen LogP) is 2.61. The van der Waals surface area contributed by atoms with Gasteiger partial charge in [-0.3, -0.25) is 9.98 Å². The first-order valence-corrected chi connectivity index (χ1v) is 9.33. The van der Waals surface area contributed by atoms with Crippen molar-refractivity contribution in [3.05, 3.63) is 24.5 Å². The number of rotatable bonds is 10. The standard InChI is InChI=1S/C19H32N4O2/c1-3-24-13-10-19(8-4-5-9-19)16-23-18(20-2)22-12-14-25-17-7-6-11-21-15-17/h6-7,11,15H,3-5,8-10,12-14,16H2,1-2H3,(H2,20,22,23). The van der Waals surface area contributed by atoms with E-state index in [4.69, 9.17) is 9.47 Å². The number of hydrogen-bond donors (Lipinski definition) is 2. The average Bonchev–Trinajstić information content (AvgIpc) is 3.11. The van der Waals surface area contributed by atoms with E-state index in [9.17, 15) is 0 Å². The summed E-state index contributed by atoms with van der Waals surface area (Å²) >= 11 is 0. The molecule has 0 spiro atoms. The lowest BCUT2D eigenvalue weighted by atomic mass is 9.83. The Bertz CT molecular complexity index is 501. The van der Waals surface area contributed by atoms with Crippen LogP contribution in [0.15, 0.2) is 29.5 Å². The highest BCUT2D eigenvalue weighted by molar-refractivity contribution is 5.79. The Balaban J connectivity index is 1.69. The zero-order chi connectivity index (χ0) is 17.8. The average molecular weight is 348 g/mol. The van der Waals surface area contributed by atoms with Crippen molar-refractivity contribution in [2.75, 3.05) is 40.0 Å². The third kappa shape index (κ3) is 6.90. The molecule has 1 aliphatic rings. The van der Waals surface area contributed by atoms with Crippen molar-refractivity contribution in [3.63, 3.8) is 0 Å². The normalized spacial score (nSPS) is 16.6. The third-order valence-corrected chi connectivity index (χ3v) is 4.80. The van der Waals surface area contributed by atoms with Gasteiger partial charge in [0.2, 0.25) is 0 Å². The van der Waals surface area contributed by atoms with E-state index >= 15 is 0 Å². The molecule has 0 aromatic carbocycles. The van der Waals surface area contributed by atoms with Crippen LogP contribution < -0.4 is 15.4 Å². The van der Waals surface area contributed by atoms with Gasteiger partial charge in [-0.15, -0.1) is 0 Å². The minimum Gasteiger partial charge on any atom is -0.490 e. The second-order valence-electron chi connectivity index (χ2n) is 6.54. The van der Waals surface area contributed by atoms with E-state index in [2.05, 4.69) is 27.5 Å². The number of aliphatic imine (C=N–C) groups is 1. The van der Waals surface area contributed by atoms with Gasteiger partial charge in [-0.1, -0.05) is 12.8 Å². The van der Waals surface area contributed by atoms with Crippen LogP contribution in [0.3, 0.4) is 0 Å². The monoisotopic (exact) mass is 348 g/mol. The lowest BCUT2D eigenvalue weighted by Gasteiger charge is -2.30. The zero-order valence-corrected chi connectivity index (χ0v) is 15.6. The van der Waals surface area contributed by atoms with Gasteiger partial charge in [0.25, 0.3) is 0 Å². The van der Waals surface area contributed by atoms with E-state index < -0.39 is 0 Å². The van der Waals surface area contributed by atoms with E-state index in [-0.39, 0.29) is 0 Å². The van der Waals surface area contributed by atoms with Crippen LogP contribution in [-0.2, 0) is 4.74 Å². The summed E-state index contributed by atoms with van der Waals surface area (Å²) in [7, 11) is 1.80. The molecule has 0 bridgehead atoms. The first-order chi connectivity index (χ1) is 12.3. The highest BCUT2D eigenvalue weighted by atomic mass is 16.5. The second-order valence-corrected chi connectivity index (χ2v) is 6.54. The van der Waals surface area contributed by atoms with Gasteiger partial charge < -0.3 is 20.1 Å². The Labute approximate surface area is 151 Å². The number of ether oxygens (including phenoxy) is 2. The second kappa shape index (κ2) is 10.9. The van der Waals surface area contributed by atoms with E-state index in [1.165, 1.54) is 25.7 Å². The smallest absolute Gasteiger partial charge is 0.191 e. The summed E-state index contributed by atoms with van der Waals surface area (Å²) in [5.74, 6) is 1.62. The molecule has 0 amide bonds. The number of aromatic nitrogens is 1. The van der Waals surface area contributed by atoms with Gasteiger partial charge in [0.15, 0.2) is 5.96 Å². The minimum atomic E-state index is 0.346. The molecule has 25 heavy (non-hydrogen) atoms. The van der Waals surface area contributed by atoms with Crippen molar-refractivity contribution < 1.29 is 9.47 Å². The lowest BCUT2D eigenvalue weighted by Crippen LogP contribution is -2.44. The molecule has 1 fully saturated rings. The zero-order valence-electron chi connectivity index (χ0n) is 15.6. The molecule has 6 heteroatoms. The molecule has 0 saturated heterocycles. The van der Waals surface area contributed by atoms with Crippen molar-refractivity contribution in [2.45, 2.75) is 39.0 Å². The Hall–Kier alpha value is -1.82. The number of nitrogens with one attached hydrogen (secondary N) is 2. The van der Waals surface area contributed by atoms with E-state index in [0.29, 0.717) is 18.6 Å². The summed E-state index contributed by atoms with van der Waals surface area (Å²) < 4.78 is 11.2. The molecule has 0 unspecified atom stereocenters. The Morgan fingerprint density at radius 2 is 2.12 bits per heavy atom. The lowest BCUT2D eigenvalue weighted by molar-refractivity contribution is 0.105. The molecule has 2 rings (SSSR count). The first kappa shape index (κ1) is 19.5. The molecule has 0 radical (unpaired) electrons. The fourth-order valence-corrected chi connectivity index (χ4v) is 3.34. The summed E-state index contributed by atoms with van der Waals surface area (Å²) in [6.45, 7) is 5.91. The summed E-state index contributed by atoms with van der Waals surface area (Å²) in [5, 5.41) is 6.80. The van der Waals surface area contributed by atoms with Crippen LogP contribution in [0.4, 0.5) is 0 Å². The molecule has 1 aliphatic carbocycles. The predicted molar refractivity (Wildman–Crippen MR) is 101 cm³/mol. The molecule has 140 valence electrons. The molecular weight excluding hydrogens is 316 g/mol. The van der Waals surface area contributed by atoms with Gasteiger partial charge in [-0.05, 0) is 43.7 Å². The van der Waals surface area contributed by atoms with Gasteiger partial charge in [0, 0.05) is 33.0 Å². The highest BCUT2D eigenvalue weighted by Crippen LogP contribution is 2.40.